The first-order valence-electron chi connectivity index (χ1n) is 5.86. The van der Waals surface area contributed by atoms with Crippen molar-refractivity contribution >= 4 is 11.9 Å². The molecule has 0 bridgehead atoms. The van der Waals surface area contributed by atoms with Gasteiger partial charge in [0.15, 0.2) is 0 Å². The molecule has 0 fully saturated rings. The standard InChI is InChI=1S/C12H22N2O3/c1-14(2)10-6-4-3-5-9-13-11(15)7-8-12(16)17/h7-8H,3-6,9-10H2,1-2H3,(H,13,15)(H,16,17). The summed E-state index contributed by atoms with van der Waals surface area (Å²) in [6.45, 7) is 1.69. The molecular weight excluding hydrogens is 220 g/mol. The second kappa shape index (κ2) is 9.84. The van der Waals surface area contributed by atoms with Gasteiger partial charge in [0.05, 0.1) is 0 Å². The van der Waals surface area contributed by atoms with Gasteiger partial charge in [0.2, 0.25) is 5.91 Å². The minimum absolute atomic E-state index is 0.347. The maximum absolute atomic E-state index is 11.1. The second-order valence-corrected chi connectivity index (χ2v) is 4.18. The van der Waals surface area contributed by atoms with Gasteiger partial charge in [-0.3, -0.25) is 4.79 Å². The first-order valence-corrected chi connectivity index (χ1v) is 5.86. The first-order chi connectivity index (χ1) is 8.02. The van der Waals surface area contributed by atoms with Crippen molar-refractivity contribution in [1.82, 2.24) is 10.2 Å². The van der Waals surface area contributed by atoms with Crippen LogP contribution in [0.2, 0.25) is 0 Å². The molecule has 98 valence electrons. The highest BCUT2D eigenvalue weighted by molar-refractivity contribution is 5.93. The molecule has 5 nitrogen and oxygen atoms in total. The van der Waals surface area contributed by atoms with Crippen molar-refractivity contribution in [2.75, 3.05) is 27.2 Å². The van der Waals surface area contributed by atoms with Crippen molar-refractivity contribution < 1.29 is 14.7 Å². The number of carboxylic acids is 1. The van der Waals surface area contributed by atoms with Gasteiger partial charge in [0.1, 0.15) is 0 Å². The molecular formula is C12H22N2O3. The van der Waals surface area contributed by atoms with E-state index in [1.54, 1.807) is 0 Å². The van der Waals surface area contributed by atoms with Gasteiger partial charge < -0.3 is 15.3 Å². The highest BCUT2D eigenvalue weighted by Crippen LogP contribution is 1.99. The van der Waals surface area contributed by atoms with Crippen LogP contribution in [0.4, 0.5) is 0 Å². The zero-order valence-electron chi connectivity index (χ0n) is 10.6. The maximum atomic E-state index is 11.1. The lowest BCUT2D eigenvalue weighted by atomic mass is 10.2. The Hall–Kier alpha value is -1.36. The van der Waals surface area contributed by atoms with Crippen LogP contribution >= 0.6 is 0 Å². The van der Waals surface area contributed by atoms with E-state index in [1.807, 2.05) is 0 Å². The van der Waals surface area contributed by atoms with E-state index in [1.165, 1.54) is 6.42 Å². The van der Waals surface area contributed by atoms with E-state index in [9.17, 15) is 9.59 Å². The minimum Gasteiger partial charge on any atom is -0.478 e. The van der Waals surface area contributed by atoms with E-state index in [0.29, 0.717) is 6.54 Å². The molecule has 0 unspecified atom stereocenters. The molecule has 1 amide bonds. The van der Waals surface area contributed by atoms with Gasteiger partial charge >= 0.3 is 5.97 Å². The molecule has 0 radical (unpaired) electrons. The third-order valence-electron chi connectivity index (χ3n) is 2.21. The van der Waals surface area contributed by atoms with Crippen LogP contribution in [-0.2, 0) is 9.59 Å². The van der Waals surface area contributed by atoms with E-state index in [2.05, 4.69) is 24.3 Å². The molecule has 0 aromatic carbocycles. The third kappa shape index (κ3) is 12.6. The summed E-state index contributed by atoms with van der Waals surface area (Å²) in [5.74, 6) is -1.45. The summed E-state index contributed by atoms with van der Waals surface area (Å²) < 4.78 is 0. The molecule has 0 aromatic rings. The number of rotatable bonds is 9. The third-order valence-corrected chi connectivity index (χ3v) is 2.21. The Morgan fingerprint density at radius 2 is 1.76 bits per heavy atom. The van der Waals surface area contributed by atoms with E-state index in [4.69, 9.17) is 5.11 Å². The van der Waals surface area contributed by atoms with Crippen LogP contribution in [-0.4, -0.2) is 49.1 Å². The Kier molecular flexibility index (Phi) is 9.05. The van der Waals surface area contributed by atoms with Crippen molar-refractivity contribution in [1.29, 1.82) is 0 Å². The van der Waals surface area contributed by atoms with Crippen LogP contribution < -0.4 is 5.32 Å². The van der Waals surface area contributed by atoms with Gasteiger partial charge in [-0.25, -0.2) is 4.79 Å². The summed E-state index contributed by atoms with van der Waals surface area (Å²) in [7, 11) is 4.10. The van der Waals surface area contributed by atoms with Crippen LogP contribution in [0.25, 0.3) is 0 Å². The van der Waals surface area contributed by atoms with E-state index in [0.717, 1.165) is 38.0 Å². The van der Waals surface area contributed by atoms with Crippen molar-refractivity contribution in [3.63, 3.8) is 0 Å². The zero-order chi connectivity index (χ0) is 13.1. The van der Waals surface area contributed by atoms with Gasteiger partial charge in [-0.1, -0.05) is 12.8 Å². The number of carbonyl (C=O) groups excluding carboxylic acids is 1. The van der Waals surface area contributed by atoms with Gasteiger partial charge in [0, 0.05) is 18.7 Å². The lowest BCUT2D eigenvalue weighted by Gasteiger charge is -2.08. The molecule has 5 heteroatoms. The molecule has 0 heterocycles. The minimum atomic E-state index is -1.11. The topological polar surface area (TPSA) is 69.6 Å². The predicted molar refractivity (Wildman–Crippen MR) is 66.8 cm³/mol. The van der Waals surface area contributed by atoms with E-state index < -0.39 is 5.97 Å². The van der Waals surface area contributed by atoms with Crippen molar-refractivity contribution in [2.24, 2.45) is 0 Å². The number of aliphatic carboxylic acids is 1. The molecule has 0 saturated heterocycles. The average Bonchev–Trinajstić information content (AvgIpc) is 2.24. The Morgan fingerprint density at radius 3 is 2.35 bits per heavy atom. The summed E-state index contributed by atoms with van der Waals surface area (Å²) >= 11 is 0. The number of amides is 1. The molecule has 0 aliphatic heterocycles. The second-order valence-electron chi connectivity index (χ2n) is 4.18. The fraction of sp³-hybridized carbons (Fsp3) is 0.667. The molecule has 0 saturated carbocycles. The lowest BCUT2D eigenvalue weighted by Crippen LogP contribution is -2.22. The molecule has 17 heavy (non-hydrogen) atoms. The number of nitrogens with one attached hydrogen (secondary N) is 1. The summed E-state index contributed by atoms with van der Waals surface area (Å²) in [5, 5.41) is 10.9. The van der Waals surface area contributed by atoms with Gasteiger partial charge in [-0.05, 0) is 33.5 Å². The van der Waals surface area contributed by atoms with Crippen LogP contribution in [0.1, 0.15) is 25.7 Å². The Labute approximate surface area is 102 Å². The number of hydrogen-bond acceptors (Lipinski definition) is 3. The fourth-order valence-corrected chi connectivity index (χ4v) is 1.32. The maximum Gasteiger partial charge on any atom is 0.328 e. The largest absolute Gasteiger partial charge is 0.478 e. The summed E-state index contributed by atoms with van der Waals surface area (Å²) in [4.78, 5) is 23.3. The smallest absolute Gasteiger partial charge is 0.328 e. The van der Waals surface area contributed by atoms with Crippen molar-refractivity contribution in [2.45, 2.75) is 25.7 Å². The van der Waals surface area contributed by atoms with E-state index >= 15 is 0 Å². The SMILES string of the molecule is CN(C)CCCCCCNC(=O)C=CC(=O)O. The molecule has 2 N–H and O–H groups in total. The summed E-state index contributed by atoms with van der Waals surface area (Å²) in [6, 6.07) is 0. The fourth-order valence-electron chi connectivity index (χ4n) is 1.32. The number of nitrogens with zero attached hydrogens (tertiary/aromatic N) is 1. The number of carbonyl (C=O) groups is 2. The average molecular weight is 242 g/mol. The molecule has 0 aromatic heterocycles. The predicted octanol–water partition coefficient (Wildman–Crippen LogP) is 0.865. The number of unbranched alkanes of at least 4 members (excludes halogenated alkanes) is 3. The van der Waals surface area contributed by atoms with E-state index in [-0.39, 0.29) is 5.91 Å². The highest BCUT2D eigenvalue weighted by atomic mass is 16.4. The number of hydrogen-bond donors (Lipinski definition) is 2. The molecule has 0 spiro atoms. The van der Waals surface area contributed by atoms with Crippen LogP contribution in [0, 0.1) is 0 Å². The molecule has 0 rings (SSSR count). The van der Waals surface area contributed by atoms with Gasteiger partial charge in [-0.15, -0.1) is 0 Å². The molecule has 0 atom stereocenters. The van der Waals surface area contributed by atoms with Crippen LogP contribution in [0.15, 0.2) is 12.2 Å². The number of carboxylic acid groups (broad SMARTS) is 1. The normalized spacial score (nSPS) is 11.0. The first kappa shape index (κ1) is 15.6. The monoisotopic (exact) mass is 242 g/mol. The Bertz CT molecular complexity index is 262. The van der Waals surface area contributed by atoms with Crippen molar-refractivity contribution in [3.05, 3.63) is 12.2 Å². The Morgan fingerprint density at radius 1 is 1.12 bits per heavy atom. The Balaban J connectivity index is 3.34. The summed E-state index contributed by atoms with van der Waals surface area (Å²) in [6.07, 6.45) is 6.20. The molecule has 0 aliphatic rings. The van der Waals surface area contributed by atoms with Gasteiger partial charge in [0.25, 0.3) is 0 Å². The quantitative estimate of drug-likeness (QED) is 0.465. The van der Waals surface area contributed by atoms with Crippen LogP contribution in [0.3, 0.4) is 0 Å². The molecule has 0 aliphatic carbocycles. The van der Waals surface area contributed by atoms with Crippen molar-refractivity contribution in [3.8, 4) is 0 Å². The van der Waals surface area contributed by atoms with Gasteiger partial charge in [-0.2, -0.15) is 0 Å². The summed E-state index contributed by atoms with van der Waals surface area (Å²) in [5.41, 5.74) is 0. The van der Waals surface area contributed by atoms with Crippen LogP contribution in [0.5, 0.6) is 0 Å². The highest BCUT2D eigenvalue weighted by Gasteiger charge is 1.96. The lowest BCUT2D eigenvalue weighted by molar-refractivity contribution is -0.131. The zero-order valence-corrected chi connectivity index (χ0v) is 10.6.